The zero-order valence-corrected chi connectivity index (χ0v) is 13.1. The third kappa shape index (κ3) is 3.65. The average molecular weight is 345 g/mol. The highest BCUT2D eigenvalue weighted by atomic mass is 32.2. The predicted molar refractivity (Wildman–Crippen MR) is 78.0 cm³/mol. The molecule has 1 atom stereocenters. The topological polar surface area (TPSA) is 55.4 Å². The molecular formula is C15H14F3NO3S. The molecule has 1 N–H and O–H groups in total. The summed E-state index contributed by atoms with van der Waals surface area (Å²) < 4.78 is 71.4. The van der Waals surface area contributed by atoms with Gasteiger partial charge in [0.25, 0.3) is 0 Å². The van der Waals surface area contributed by atoms with Crippen molar-refractivity contribution in [3.8, 4) is 5.75 Å². The molecule has 0 aliphatic carbocycles. The van der Waals surface area contributed by atoms with Crippen molar-refractivity contribution in [1.82, 2.24) is 4.72 Å². The largest absolute Gasteiger partial charge is 0.497 e. The fourth-order valence-corrected chi connectivity index (χ4v) is 3.29. The molecule has 0 heterocycles. The minimum atomic E-state index is -4.37. The lowest BCUT2D eigenvalue weighted by Crippen LogP contribution is -2.28. The molecule has 8 heteroatoms. The Morgan fingerprint density at radius 2 is 1.78 bits per heavy atom. The zero-order chi connectivity index (χ0) is 17.2. The summed E-state index contributed by atoms with van der Waals surface area (Å²) in [7, 11) is -2.91. The molecule has 0 fully saturated rings. The first-order valence-corrected chi connectivity index (χ1v) is 8.04. The molecule has 0 spiro atoms. The van der Waals surface area contributed by atoms with Gasteiger partial charge in [0.15, 0.2) is 17.5 Å². The number of halogens is 3. The van der Waals surface area contributed by atoms with Crippen molar-refractivity contribution in [3.63, 3.8) is 0 Å². The van der Waals surface area contributed by atoms with Gasteiger partial charge in [-0.3, -0.25) is 0 Å². The maximum Gasteiger partial charge on any atom is 0.244 e. The van der Waals surface area contributed by atoms with Crippen molar-refractivity contribution < 1.29 is 26.3 Å². The number of hydrogen-bond acceptors (Lipinski definition) is 3. The molecule has 124 valence electrons. The standard InChI is InChI=1S/C15H14F3NO3S/c1-9(10-4-3-5-11(8-10)22-2)19-23(20,21)13-7-6-12(16)14(17)15(13)18/h3-9,19H,1-2H3. The molecular weight excluding hydrogens is 331 g/mol. The van der Waals surface area contributed by atoms with Crippen LogP contribution in [0.3, 0.4) is 0 Å². The molecule has 2 aromatic rings. The zero-order valence-electron chi connectivity index (χ0n) is 12.3. The van der Waals surface area contributed by atoms with E-state index < -0.39 is 38.4 Å². The van der Waals surface area contributed by atoms with E-state index in [2.05, 4.69) is 4.72 Å². The fourth-order valence-electron chi connectivity index (χ4n) is 1.99. The van der Waals surface area contributed by atoms with E-state index in [1.165, 1.54) is 14.0 Å². The third-order valence-electron chi connectivity index (χ3n) is 3.21. The van der Waals surface area contributed by atoms with E-state index in [1.54, 1.807) is 24.3 Å². The summed E-state index contributed by atoms with van der Waals surface area (Å²) in [5.41, 5.74) is 0.566. The SMILES string of the molecule is COc1cccc(C(C)NS(=O)(=O)c2ccc(F)c(F)c2F)c1. The fraction of sp³-hybridized carbons (Fsp3) is 0.200. The lowest BCUT2D eigenvalue weighted by molar-refractivity contribution is 0.413. The highest BCUT2D eigenvalue weighted by Crippen LogP contribution is 2.23. The van der Waals surface area contributed by atoms with Gasteiger partial charge >= 0.3 is 0 Å². The minimum absolute atomic E-state index is 0.521. The van der Waals surface area contributed by atoms with Crippen LogP contribution < -0.4 is 9.46 Å². The summed E-state index contributed by atoms with van der Waals surface area (Å²) in [6.45, 7) is 1.53. The van der Waals surface area contributed by atoms with E-state index >= 15 is 0 Å². The summed E-state index contributed by atoms with van der Waals surface area (Å²) >= 11 is 0. The molecule has 2 aromatic carbocycles. The summed E-state index contributed by atoms with van der Waals surface area (Å²) in [4.78, 5) is -0.953. The van der Waals surface area contributed by atoms with Crippen LogP contribution in [0, 0.1) is 17.5 Å². The van der Waals surface area contributed by atoms with Gasteiger partial charge in [0.05, 0.1) is 7.11 Å². The first-order valence-electron chi connectivity index (χ1n) is 6.56. The number of methoxy groups -OCH3 is 1. The normalized spacial score (nSPS) is 12.9. The molecule has 0 bridgehead atoms. The van der Waals surface area contributed by atoms with Gasteiger partial charge in [0.2, 0.25) is 10.0 Å². The van der Waals surface area contributed by atoms with E-state index in [0.717, 1.165) is 0 Å². The molecule has 0 saturated carbocycles. The molecule has 0 saturated heterocycles. The average Bonchev–Trinajstić information content (AvgIpc) is 2.52. The second kappa shape index (κ2) is 6.59. The van der Waals surface area contributed by atoms with Crippen molar-refractivity contribution in [1.29, 1.82) is 0 Å². The van der Waals surface area contributed by atoms with Gasteiger partial charge in [-0.15, -0.1) is 0 Å². The van der Waals surface area contributed by atoms with Crippen LogP contribution in [0.15, 0.2) is 41.3 Å². The summed E-state index contributed by atoms with van der Waals surface area (Å²) in [5, 5.41) is 0. The Hall–Kier alpha value is -2.06. The molecule has 2 rings (SSSR count). The monoisotopic (exact) mass is 345 g/mol. The van der Waals surface area contributed by atoms with E-state index in [1.807, 2.05) is 0 Å². The Labute approximate surface area is 132 Å². The molecule has 0 aliphatic rings. The summed E-state index contributed by atoms with van der Waals surface area (Å²) in [6.07, 6.45) is 0. The third-order valence-corrected chi connectivity index (χ3v) is 4.77. The molecule has 1 unspecified atom stereocenters. The van der Waals surface area contributed by atoms with Crippen LogP contribution in [0.2, 0.25) is 0 Å². The Balaban J connectivity index is 2.32. The highest BCUT2D eigenvalue weighted by molar-refractivity contribution is 7.89. The summed E-state index contributed by atoms with van der Waals surface area (Å²) in [5.74, 6) is -4.52. The van der Waals surface area contributed by atoms with Crippen LogP contribution in [0.5, 0.6) is 5.75 Å². The summed E-state index contributed by atoms with van der Waals surface area (Å²) in [6, 6.07) is 7.10. The number of rotatable bonds is 5. The smallest absolute Gasteiger partial charge is 0.244 e. The Morgan fingerprint density at radius 3 is 2.43 bits per heavy atom. The first-order chi connectivity index (χ1) is 10.8. The van der Waals surface area contributed by atoms with Crippen LogP contribution in [-0.4, -0.2) is 15.5 Å². The molecule has 4 nitrogen and oxygen atoms in total. The second-order valence-electron chi connectivity index (χ2n) is 4.79. The van der Waals surface area contributed by atoms with E-state index in [-0.39, 0.29) is 0 Å². The van der Waals surface area contributed by atoms with Gasteiger partial charge in [-0.2, -0.15) is 0 Å². The van der Waals surface area contributed by atoms with Crippen molar-refractivity contribution in [2.75, 3.05) is 7.11 Å². The van der Waals surface area contributed by atoms with Crippen LogP contribution in [0.25, 0.3) is 0 Å². The molecule has 23 heavy (non-hydrogen) atoms. The second-order valence-corrected chi connectivity index (χ2v) is 6.48. The molecule has 0 aliphatic heterocycles. The van der Waals surface area contributed by atoms with Gasteiger partial charge < -0.3 is 4.74 Å². The van der Waals surface area contributed by atoms with Crippen LogP contribution >= 0.6 is 0 Å². The number of sulfonamides is 1. The Morgan fingerprint density at radius 1 is 1.09 bits per heavy atom. The van der Waals surface area contributed by atoms with Crippen LogP contribution in [0.4, 0.5) is 13.2 Å². The molecule has 0 amide bonds. The van der Waals surface area contributed by atoms with E-state index in [9.17, 15) is 21.6 Å². The van der Waals surface area contributed by atoms with Gasteiger partial charge in [-0.05, 0) is 36.8 Å². The maximum absolute atomic E-state index is 13.7. The first kappa shape index (κ1) is 17.3. The predicted octanol–water partition coefficient (Wildman–Crippen LogP) is 3.15. The van der Waals surface area contributed by atoms with E-state index in [0.29, 0.717) is 23.4 Å². The number of nitrogens with one attached hydrogen (secondary N) is 1. The van der Waals surface area contributed by atoms with Crippen molar-refractivity contribution in [3.05, 3.63) is 59.4 Å². The van der Waals surface area contributed by atoms with Gasteiger partial charge in [-0.1, -0.05) is 12.1 Å². The highest BCUT2D eigenvalue weighted by Gasteiger charge is 2.25. The molecule has 0 aromatic heterocycles. The van der Waals surface area contributed by atoms with Crippen LogP contribution in [0.1, 0.15) is 18.5 Å². The lowest BCUT2D eigenvalue weighted by atomic mass is 10.1. The van der Waals surface area contributed by atoms with Gasteiger partial charge in [0.1, 0.15) is 10.6 Å². The number of benzene rings is 2. The lowest BCUT2D eigenvalue weighted by Gasteiger charge is -2.16. The van der Waals surface area contributed by atoms with Gasteiger partial charge in [0, 0.05) is 6.04 Å². The molecule has 0 radical (unpaired) electrons. The van der Waals surface area contributed by atoms with Crippen molar-refractivity contribution in [2.45, 2.75) is 17.9 Å². The number of ether oxygens (including phenoxy) is 1. The van der Waals surface area contributed by atoms with E-state index in [4.69, 9.17) is 4.74 Å². The Bertz CT molecular complexity index is 825. The van der Waals surface area contributed by atoms with Gasteiger partial charge in [-0.25, -0.2) is 26.3 Å². The maximum atomic E-state index is 13.7. The number of hydrogen-bond donors (Lipinski definition) is 1. The van der Waals surface area contributed by atoms with Crippen LogP contribution in [-0.2, 0) is 10.0 Å². The quantitative estimate of drug-likeness (QED) is 0.847. The van der Waals surface area contributed by atoms with Crippen molar-refractivity contribution in [2.24, 2.45) is 0 Å². The Kier molecular flexibility index (Phi) is 4.96. The minimum Gasteiger partial charge on any atom is -0.497 e. The van der Waals surface area contributed by atoms with Crippen molar-refractivity contribution >= 4 is 10.0 Å².